The number of nitrogens with zero attached hydrogens (tertiary/aromatic N) is 4. The molecule has 6 N–H and O–H groups in total. The molecule has 0 spiro atoms. The van der Waals surface area contributed by atoms with Crippen LogP contribution in [0.2, 0.25) is 0 Å². The molecule has 3 aromatic heterocycles. The second-order valence-electron chi connectivity index (χ2n) is 6.54. The van der Waals surface area contributed by atoms with Gasteiger partial charge < -0.3 is 25.8 Å². The fraction of sp³-hybridized carbons (Fsp3) is 0.438. The number of fused-ring (bicyclic) bond motifs is 1. The molecular weight excluding hydrogens is 388 g/mol. The minimum absolute atomic E-state index is 0.0507. The lowest BCUT2D eigenvalue weighted by Crippen LogP contribution is -2.42. The van der Waals surface area contributed by atoms with Gasteiger partial charge in [-0.3, -0.25) is 14.3 Å². The number of thiazole rings is 1. The first-order valence-electron chi connectivity index (χ1n) is 8.61. The van der Waals surface area contributed by atoms with E-state index in [9.17, 15) is 20.1 Å². The Hall–Kier alpha value is -2.35. The number of anilines is 1. The van der Waals surface area contributed by atoms with Crippen LogP contribution in [0.3, 0.4) is 0 Å². The summed E-state index contributed by atoms with van der Waals surface area (Å²) in [6, 6.07) is 1.40. The molecule has 1 unspecified atom stereocenters. The number of aromatic nitrogens is 4. The van der Waals surface area contributed by atoms with Gasteiger partial charge in [0.25, 0.3) is 0 Å². The summed E-state index contributed by atoms with van der Waals surface area (Å²) < 4.78 is 8.56. The van der Waals surface area contributed by atoms with Crippen LogP contribution in [-0.2, 0) is 11.2 Å². The summed E-state index contributed by atoms with van der Waals surface area (Å²) in [6.45, 7) is 0.0647. The van der Waals surface area contributed by atoms with E-state index < -0.39 is 36.5 Å². The smallest absolute Gasteiger partial charge is 0.351 e. The lowest BCUT2D eigenvalue weighted by atomic mass is 10.1. The molecule has 0 radical (unpaired) electrons. The summed E-state index contributed by atoms with van der Waals surface area (Å²) in [7, 11) is 0. The molecule has 150 valence electrons. The lowest BCUT2D eigenvalue weighted by Gasteiger charge is -2.18. The number of hydrogen-bond donors (Lipinski definition) is 5. The van der Waals surface area contributed by atoms with Crippen molar-refractivity contribution in [2.45, 2.75) is 37.2 Å². The van der Waals surface area contributed by atoms with Crippen LogP contribution in [0.25, 0.3) is 4.96 Å². The number of aliphatic hydroxyl groups excluding tert-OH is 3. The summed E-state index contributed by atoms with van der Waals surface area (Å²) in [5.74, 6) is 0.0507. The number of imidazole rings is 1. The Labute approximate surface area is 162 Å². The normalized spacial score (nSPS) is 26.1. The summed E-state index contributed by atoms with van der Waals surface area (Å²) in [4.78, 5) is 20.8. The Morgan fingerprint density at radius 3 is 2.89 bits per heavy atom. The van der Waals surface area contributed by atoms with Gasteiger partial charge in [-0.25, -0.2) is 9.78 Å². The van der Waals surface area contributed by atoms with E-state index in [4.69, 9.17) is 10.5 Å². The highest BCUT2D eigenvalue weighted by Crippen LogP contribution is 2.28. The van der Waals surface area contributed by atoms with Gasteiger partial charge in [0.05, 0.1) is 5.69 Å². The maximum Gasteiger partial charge on any atom is 0.351 e. The third kappa shape index (κ3) is 3.65. The third-order valence-corrected chi connectivity index (χ3v) is 5.33. The van der Waals surface area contributed by atoms with Crippen LogP contribution in [0.15, 0.2) is 34.8 Å². The van der Waals surface area contributed by atoms with E-state index in [1.165, 1.54) is 23.6 Å². The van der Waals surface area contributed by atoms with Gasteiger partial charge in [-0.15, -0.1) is 11.3 Å². The third-order valence-electron chi connectivity index (χ3n) is 4.56. The van der Waals surface area contributed by atoms with Crippen molar-refractivity contribution in [2.24, 2.45) is 0 Å². The maximum atomic E-state index is 11.9. The molecule has 4 heterocycles. The van der Waals surface area contributed by atoms with E-state index in [1.54, 1.807) is 0 Å². The molecular formula is C16H20N6O5S. The Bertz CT molecular complexity index is 990. The van der Waals surface area contributed by atoms with Gasteiger partial charge in [0.1, 0.15) is 30.4 Å². The molecule has 0 amide bonds. The van der Waals surface area contributed by atoms with E-state index in [1.807, 2.05) is 22.2 Å². The largest absolute Gasteiger partial charge is 0.387 e. The zero-order valence-electron chi connectivity index (χ0n) is 14.6. The van der Waals surface area contributed by atoms with Gasteiger partial charge in [-0.1, -0.05) is 0 Å². The number of rotatable bonds is 6. The zero-order valence-corrected chi connectivity index (χ0v) is 15.4. The van der Waals surface area contributed by atoms with E-state index >= 15 is 0 Å². The molecule has 0 aromatic carbocycles. The molecule has 5 atom stereocenters. The zero-order chi connectivity index (χ0) is 19.8. The molecule has 0 saturated carbocycles. The highest BCUT2D eigenvalue weighted by Gasteiger charge is 2.44. The van der Waals surface area contributed by atoms with Crippen molar-refractivity contribution >= 4 is 22.1 Å². The molecule has 1 aliphatic rings. The molecule has 11 nitrogen and oxygen atoms in total. The topological polar surface area (TPSA) is 160 Å². The Kier molecular flexibility index (Phi) is 5.14. The molecule has 1 saturated heterocycles. The van der Waals surface area contributed by atoms with Crippen LogP contribution in [0.5, 0.6) is 0 Å². The average Bonchev–Trinajstić information content (AvgIpc) is 3.30. The highest BCUT2D eigenvalue weighted by molar-refractivity contribution is 7.15. The minimum atomic E-state index is -1.33. The SMILES string of the molecule is Nc1ccn([C@@H]2O[C@H](CNC(O)Cc3cn4ccsc4n3)[C@@H](O)[C@H]2O)c(=O)n1. The molecule has 4 rings (SSSR count). The van der Waals surface area contributed by atoms with E-state index in [-0.39, 0.29) is 18.8 Å². The lowest BCUT2D eigenvalue weighted by molar-refractivity contribution is -0.0422. The van der Waals surface area contributed by atoms with Crippen LogP contribution in [-0.4, -0.2) is 65.3 Å². The van der Waals surface area contributed by atoms with Crippen molar-refractivity contribution in [1.29, 1.82) is 0 Å². The Balaban J connectivity index is 1.36. The minimum Gasteiger partial charge on any atom is -0.387 e. The fourth-order valence-electron chi connectivity index (χ4n) is 3.14. The standard InChI is InChI=1S/C16H20N6O5S/c17-10-1-2-22(15(26)20-10)14-13(25)12(24)9(27-14)6-18-11(23)5-8-7-21-3-4-28-16(21)19-8/h1-4,7,9,11-14,18,23-25H,5-6H2,(H2,17,20,26)/t9-,11?,12-,13-,14-/m1/s1. The average molecular weight is 408 g/mol. The van der Waals surface area contributed by atoms with Crippen molar-refractivity contribution in [3.8, 4) is 0 Å². The van der Waals surface area contributed by atoms with E-state index in [2.05, 4.69) is 15.3 Å². The summed E-state index contributed by atoms with van der Waals surface area (Å²) in [6.07, 6.45) is -0.0853. The second-order valence-corrected chi connectivity index (χ2v) is 7.41. The van der Waals surface area contributed by atoms with Crippen molar-refractivity contribution in [1.82, 2.24) is 24.3 Å². The molecule has 3 aromatic rings. The van der Waals surface area contributed by atoms with Crippen LogP contribution in [0, 0.1) is 0 Å². The molecule has 0 bridgehead atoms. The van der Waals surface area contributed by atoms with Gasteiger partial charge in [-0.05, 0) is 6.07 Å². The van der Waals surface area contributed by atoms with Gasteiger partial charge in [0.2, 0.25) is 0 Å². The van der Waals surface area contributed by atoms with Gasteiger partial charge in [0.15, 0.2) is 11.2 Å². The quantitative estimate of drug-likeness (QED) is 0.300. The molecule has 12 heteroatoms. The van der Waals surface area contributed by atoms with Gasteiger partial charge in [-0.2, -0.15) is 4.98 Å². The van der Waals surface area contributed by atoms with Crippen molar-refractivity contribution < 1.29 is 20.1 Å². The Morgan fingerprint density at radius 2 is 2.14 bits per heavy atom. The number of ether oxygens (including phenoxy) is 1. The van der Waals surface area contributed by atoms with Gasteiger partial charge in [0, 0.05) is 36.9 Å². The maximum absolute atomic E-state index is 11.9. The number of hydrogen-bond acceptors (Lipinski definition) is 10. The summed E-state index contributed by atoms with van der Waals surface area (Å²) >= 11 is 1.50. The Morgan fingerprint density at radius 1 is 1.32 bits per heavy atom. The van der Waals surface area contributed by atoms with Crippen molar-refractivity contribution in [2.75, 3.05) is 12.3 Å². The number of nitrogens with two attached hydrogens (primary N) is 1. The molecule has 28 heavy (non-hydrogen) atoms. The first-order valence-corrected chi connectivity index (χ1v) is 9.49. The molecule has 1 aliphatic heterocycles. The van der Waals surface area contributed by atoms with E-state index in [0.717, 1.165) is 15.2 Å². The van der Waals surface area contributed by atoms with Crippen LogP contribution in [0.4, 0.5) is 5.82 Å². The fourth-order valence-corrected chi connectivity index (χ4v) is 3.86. The number of nitrogens with one attached hydrogen (secondary N) is 1. The van der Waals surface area contributed by atoms with Crippen LogP contribution in [0.1, 0.15) is 11.9 Å². The van der Waals surface area contributed by atoms with Crippen LogP contribution < -0.4 is 16.7 Å². The van der Waals surface area contributed by atoms with Crippen molar-refractivity contribution in [3.05, 3.63) is 46.2 Å². The summed E-state index contributed by atoms with van der Waals surface area (Å²) in [5, 5.41) is 35.4. The monoisotopic (exact) mass is 408 g/mol. The van der Waals surface area contributed by atoms with Crippen LogP contribution >= 0.6 is 11.3 Å². The first kappa shape index (κ1) is 19.0. The van der Waals surface area contributed by atoms with E-state index in [0.29, 0.717) is 0 Å². The predicted octanol–water partition coefficient (Wildman–Crippen LogP) is -1.70. The van der Waals surface area contributed by atoms with Gasteiger partial charge >= 0.3 is 5.69 Å². The number of nitrogen functional groups attached to an aromatic ring is 1. The predicted molar refractivity (Wildman–Crippen MR) is 99.6 cm³/mol. The summed E-state index contributed by atoms with van der Waals surface area (Å²) in [5.41, 5.74) is 5.49. The highest BCUT2D eigenvalue weighted by atomic mass is 32.1. The molecule has 0 aliphatic carbocycles. The number of aliphatic hydroxyl groups is 3. The second kappa shape index (κ2) is 7.58. The van der Waals surface area contributed by atoms with Crippen molar-refractivity contribution in [3.63, 3.8) is 0 Å². The first-order chi connectivity index (χ1) is 13.4. The molecule has 1 fully saturated rings.